The second kappa shape index (κ2) is 4.73. The molecule has 1 nitrogen and oxygen atoms in total. The summed E-state index contributed by atoms with van der Waals surface area (Å²) in [7, 11) is 1.96. The van der Waals surface area contributed by atoms with Crippen LogP contribution in [-0.2, 0) is 6.42 Å². The van der Waals surface area contributed by atoms with Crippen LogP contribution >= 0.6 is 11.3 Å². The smallest absolute Gasteiger partial charge is 0.124 e. The zero-order valence-corrected chi connectivity index (χ0v) is 9.53. The van der Waals surface area contributed by atoms with Crippen LogP contribution < -0.4 is 5.32 Å². The fourth-order valence-electron chi connectivity index (χ4n) is 1.62. The van der Waals surface area contributed by atoms with Gasteiger partial charge in [-0.2, -0.15) is 0 Å². The minimum Gasteiger partial charge on any atom is -0.320 e. The Bertz CT molecular complexity index is 450. The first-order chi connectivity index (χ1) is 7.29. The lowest BCUT2D eigenvalue weighted by atomic mass is 10.2. The molecule has 0 radical (unpaired) electrons. The second-order valence-corrected chi connectivity index (χ2v) is 4.77. The molecule has 2 rings (SSSR count). The molecule has 1 heterocycles. The number of hydrogen-bond donors (Lipinski definition) is 1. The molecule has 0 saturated carbocycles. The Morgan fingerprint density at radius 1 is 1.33 bits per heavy atom. The number of rotatable bonds is 4. The Labute approximate surface area is 92.9 Å². The molecule has 0 saturated heterocycles. The van der Waals surface area contributed by atoms with Crippen molar-refractivity contribution in [1.29, 1.82) is 0 Å². The van der Waals surface area contributed by atoms with Gasteiger partial charge in [0, 0.05) is 9.58 Å². The van der Waals surface area contributed by atoms with Crippen molar-refractivity contribution >= 4 is 21.4 Å². The van der Waals surface area contributed by atoms with Crippen molar-refractivity contribution in [3.05, 3.63) is 35.0 Å². The zero-order chi connectivity index (χ0) is 10.7. The van der Waals surface area contributed by atoms with Gasteiger partial charge in [0.1, 0.15) is 5.82 Å². The van der Waals surface area contributed by atoms with Crippen molar-refractivity contribution in [3.63, 3.8) is 0 Å². The summed E-state index contributed by atoms with van der Waals surface area (Å²) in [5, 5.41) is 4.28. The standard InChI is InChI=1S/C12H14FNS/c1-14-6-2-3-11-7-9-4-5-10(13)8-12(9)15-11/h4-5,7-8,14H,2-3,6H2,1H3. The molecule has 2 aromatic rings. The number of benzene rings is 1. The van der Waals surface area contributed by atoms with Gasteiger partial charge in [-0.1, -0.05) is 6.07 Å². The van der Waals surface area contributed by atoms with E-state index in [0.29, 0.717) is 0 Å². The van der Waals surface area contributed by atoms with Crippen molar-refractivity contribution in [3.8, 4) is 0 Å². The molecular formula is C12H14FNS. The minimum atomic E-state index is -0.147. The van der Waals surface area contributed by atoms with Crippen LogP contribution in [0.3, 0.4) is 0 Å². The number of aryl methyl sites for hydroxylation is 1. The molecule has 0 aliphatic heterocycles. The van der Waals surface area contributed by atoms with Gasteiger partial charge in [-0.25, -0.2) is 4.39 Å². The summed E-state index contributed by atoms with van der Waals surface area (Å²) in [5.74, 6) is -0.147. The van der Waals surface area contributed by atoms with Crippen LogP contribution in [0.25, 0.3) is 10.1 Å². The lowest BCUT2D eigenvalue weighted by Gasteiger charge is -1.95. The molecule has 0 fully saturated rings. The summed E-state index contributed by atoms with van der Waals surface area (Å²) in [4.78, 5) is 1.34. The fourth-order valence-corrected chi connectivity index (χ4v) is 2.75. The fraction of sp³-hybridized carbons (Fsp3) is 0.333. The van der Waals surface area contributed by atoms with E-state index in [1.54, 1.807) is 17.4 Å². The predicted molar refractivity (Wildman–Crippen MR) is 64.0 cm³/mol. The first-order valence-electron chi connectivity index (χ1n) is 5.12. The number of nitrogens with one attached hydrogen (secondary N) is 1. The van der Waals surface area contributed by atoms with Crippen LogP contribution in [0, 0.1) is 5.82 Å². The van der Waals surface area contributed by atoms with Crippen LogP contribution in [-0.4, -0.2) is 13.6 Å². The van der Waals surface area contributed by atoms with Crippen LogP contribution in [0.2, 0.25) is 0 Å². The van der Waals surface area contributed by atoms with Crippen LogP contribution in [0.15, 0.2) is 24.3 Å². The maximum absolute atomic E-state index is 12.9. The Balaban J connectivity index is 2.16. The first kappa shape index (κ1) is 10.6. The Morgan fingerprint density at radius 3 is 3.00 bits per heavy atom. The summed E-state index contributed by atoms with van der Waals surface area (Å²) < 4.78 is 14.0. The highest BCUT2D eigenvalue weighted by molar-refractivity contribution is 7.19. The molecule has 0 atom stereocenters. The molecule has 1 aromatic carbocycles. The molecule has 80 valence electrons. The highest BCUT2D eigenvalue weighted by Gasteiger charge is 2.02. The zero-order valence-electron chi connectivity index (χ0n) is 8.72. The maximum atomic E-state index is 12.9. The normalized spacial score (nSPS) is 11.1. The Hall–Kier alpha value is -0.930. The summed E-state index contributed by atoms with van der Waals surface area (Å²) in [6, 6.07) is 7.14. The average molecular weight is 223 g/mol. The second-order valence-electron chi connectivity index (χ2n) is 3.60. The van der Waals surface area contributed by atoms with Crippen LogP contribution in [0.5, 0.6) is 0 Å². The van der Waals surface area contributed by atoms with Gasteiger partial charge < -0.3 is 5.32 Å². The highest BCUT2D eigenvalue weighted by atomic mass is 32.1. The van der Waals surface area contributed by atoms with E-state index in [0.717, 1.165) is 29.5 Å². The van der Waals surface area contributed by atoms with Crippen molar-refractivity contribution < 1.29 is 4.39 Å². The molecular weight excluding hydrogens is 209 g/mol. The first-order valence-corrected chi connectivity index (χ1v) is 5.94. The van der Waals surface area contributed by atoms with Crippen molar-refractivity contribution in [2.45, 2.75) is 12.8 Å². The molecule has 3 heteroatoms. The molecule has 0 bridgehead atoms. The summed E-state index contributed by atoms with van der Waals surface area (Å²) in [6.45, 7) is 1.03. The third-order valence-corrected chi connectivity index (χ3v) is 3.54. The molecule has 15 heavy (non-hydrogen) atoms. The lowest BCUT2D eigenvalue weighted by Crippen LogP contribution is -2.07. The topological polar surface area (TPSA) is 12.0 Å². The molecule has 0 aliphatic rings. The summed E-state index contributed by atoms with van der Waals surface area (Å²) in [5.41, 5.74) is 0. The molecule has 0 spiro atoms. The number of fused-ring (bicyclic) bond motifs is 1. The van der Waals surface area contributed by atoms with Gasteiger partial charge in [-0.3, -0.25) is 0 Å². The van der Waals surface area contributed by atoms with E-state index in [1.807, 2.05) is 13.1 Å². The minimum absolute atomic E-state index is 0.147. The quantitative estimate of drug-likeness (QED) is 0.785. The molecule has 1 N–H and O–H groups in total. The molecule has 0 amide bonds. The van der Waals surface area contributed by atoms with Crippen LogP contribution in [0.4, 0.5) is 4.39 Å². The van der Waals surface area contributed by atoms with Gasteiger partial charge in [0.2, 0.25) is 0 Å². The van der Waals surface area contributed by atoms with E-state index in [4.69, 9.17) is 0 Å². The third-order valence-electron chi connectivity index (χ3n) is 2.38. The van der Waals surface area contributed by atoms with E-state index >= 15 is 0 Å². The van der Waals surface area contributed by atoms with Gasteiger partial charge in [0.05, 0.1) is 0 Å². The Morgan fingerprint density at radius 2 is 2.20 bits per heavy atom. The number of halogens is 1. The molecule has 0 aliphatic carbocycles. The van der Waals surface area contributed by atoms with Crippen molar-refractivity contribution in [2.24, 2.45) is 0 Å². The lowest BCUT2D eigenvalue weighted by molar-refractivity contribution is 0.630. The van der Waals surface area contributed by atoms with Crippen LogP contribution in [0.1, 0.15) is 11.3 Å². The third kappa shape index (κ3) is 2.55. The number of hydrogen-bond acceptors (Lipinski definition) is 2. The maximum Gasteiger partial charge on any atom is 0.124 e. The van der Waals surface area contributed by atoms with Gasteiger partial charge in [-0.05, 0) is 50.0 Å². The summed E-state index contributed by atoms with van der Waals surface area (Å²) in [6.07, 6.45) is 2.20. The Kier molecular flexibility index (Phi) is 3.34. The van der Waals surface area contributed by atoms with E-state index in [9.17, 15) is 4.39 Å². The summed E-state index contributed by atoms with van der Waals surface area (Å²) >= 11 is 1.69. The average Bonchev–Trinajstić information content (AvgIpc) is 2.60. The number of thiophene rings is 1. The van der Waals surface area contributed by atoms with Gasteiger partial charge in [0.15, 0.2) is 0 Å². The SMILES string of the molecule is CNCCCc1cc2ccc(F)cc2s1. The van der Waals surface area contributed by atoms with Gasteiger partial charge in [0.25, 0.3) is 0 Å². The monoisotopic (exact) mass is 223 g/mol. The van der Waals surface area contributed by atoms with Gasteiger partial charge >= 0.3 is 0 Å². The van der Waals surface area contributed by atoms with E-state index in [1.165, 1.54) is 10.9 Å². The largest absolute Gasteiger partial charge is 0.320 e. The highest BCUT2D eigenvalue weighted by Crippen LogP contribution is 2.26. The molecule has 1 aromatic heterocycles. The van der Waals surface area contributed by atoms with E-state index in [2.05, 4.69) is 11.4 Å². The van der Waals surface area contributed by atoms with E-state index < -0.39 is 0 Å². The van der Waals surface area contributed by atoms with E-state index in [-0.39, 0.29) is 5.82 Å². The van der Waals surface area contributed by atoms with Crippen molar-refractivity contribution in [1.82, 2.24) is 5.32 Å². The predicted octanol–water partition coefficient (Wildman–Crippen LogP) is 3.19. The van der Waals surface area contributed by atoms with Crippen molar-refractivity contribution in [2.75, 3.05) is 13.6 Å². The molecule has 0 unspecified atom stereocenters. The van der Waals surface area contributed by atoms with Gasteiger partial charge in [-0.15, -0.1) is 11.3 Å².